The Balaban J connectivity index is 2.01. The van der Waals surface area contributed by atoms with Crippen molar-refractivity contribution in [3.63, 3.8) is 0 Å². The number of anilines is 2. The second kappa shape index (κ2) is 6.54. The van der Waals surface area contributed by atoms with Gasteiger partial charge in [0.15, 0.2) is 0 Å². The first-order valence-electron chi connectivity index (χ1n) is 8.83. The molecule has 0 radical (unpaired) electrons. The van der Waals surface area contributed by atoms with E-state index in [1.54, 1.807) is 0 Å². The van der Waals surface area contributed by atoms with Crippen LogP contribution in [0.5, 0.6) is 5.88 Å². The third kappa shape index (κ3) is 3.15. The number of hydrogen-bond donors (Lipinski definition) is 0. The molecule has 0 N–H and O–H groups in total. The minimum atomic E-state index is 0.0231. The highest BCUT2D eigenvalue weighted by atomic mass is 16.5. The van der Waals surface area contributed by atoms with Gasteiger partial charge in [-0.1, -0.05) is 12.7 Å². The molecule has 0 unspecified atom stereocenters. The van der Waals surface area contributed by atoms with E-state index in [-0.39, 0.29) is 5.54 Å². The van der Waals surface area contributed by atoms with Gasteiger partial charge in [0.25, 0.3) is 0 Å². The van der Waals surface area contributed by atoms with E-state index in [0.717, 1.165) is 49.0 Å². The zero-order chi connectivity index (χ0) is 18.2. The molecule has 0 saturated heterocycles. The van der Waals surface area contributed by atoms with Gasteiger partial charge in [0, 0.05) is 17.6 Å². The van der Waals surface area contributed by atoms with Crippen LogP contribution in [0.3, 0.4) is 0 Å². The second-order valence-corrected chi connectivity index (χ2v) is 7.60. The van der Waals surface area contributed by atoms with E-state index in [4.69, 9.17) is 4.74 Å². The average molecular weight is 340 g/mol. The van der Waals surface area contributed by atoms with Gasteiger partial charge in [-0.3, -0.25) is 4.99 Å². The molecule has 0 amide bonds. The molecule has 1 aromatic rings. The number of ether oxygens (including phenoxy) is 1. The highest BCUT2D eigenvalue weighted by Gasteiger charge is 2.32. The molecule has 0 aliphatic carbocycles. The molecular formula is C20H28N4O. The summed E-state index contributed by atoms with van der Waals surface area (Å²) in [4.78, 5) is 13.6. The zero-order valence-corrected chi connectivity index (χ0v) is 15.8. The highest BCUT2D eigenvalue weighted by Crippen LogP contribution is 2.41. The van der Waals surface area contributed by atoms with Gasteiger partial charge in [-0.15, -0.1) is 0 Å². The summed E-state index contributed by atoms with van der Waals surface area (Å²) >= 11 is 0. The Hall–Kier alpha value is -2.30. The van der Waals surface area contributed by atoms with Crippen molar-refractivity contribution in [1.29, 1.82) is 0 Å². The molecule has 3 heterocycles. The van der Waals surface area contributed by atoms with E-state index < -0.39 is 0 Å². The lowest BCUT2D eigenvalue weighted by atomic mass is 10.0. The number of nitrogens with zero attached hydrogens (tertiary/aromatic N) is 4. The van der Waals surface area contributed by atoms with E-state index in [0.29, 0.717) is 6.61 Å². The van der Waals surface area contributed by atoms with Gasteiger partial charge in [-0.25, -0.2) is 4.98 Å². The molecule has 2 aliphatic heterocycles. The smallest absolute Gasteiger partial charge is 0.238 e. The summed E-state index contributed by atoms with van der Waals surface area (Å²) in [6.45, 7) is 19.7. The maximum absolute atomic E-state index is 5.83. The summed E-state index contributed by atoms with van der Waals surface area (Å²) in [6.07, 6.45) is 4.75. The molecule has 25 heavy (non-hydrogen) atoms. The van der Waals surface area contributed by atoms with Crippen LogP contribution in [0.4, 0.5) is 11.4 Å². The molecule has 0 atom stereocenters. The summed E-state index contributed by atoms with van der Waals surface area (Å²) in [7, 11) is 0. The van der Waals surface area contributed by atoms with Crippen molar-refractivity contribution in [2.75, 3.05) is 36.0 Å². The maximum Gasteiger partial charge on any atom is 0.238 e. The Morgan fingerprint density at radius 2 is 2.08 bits per heavy atom. The fourth-order valence-corrected chi connectivity index (χ4v) is 3.66. The molecule has 1 aromatic heterocycles. The summed E-state index contributed by atoms with van der Waals surface area (Å²) in [5.74, 6) is 0.740. The van der Waals surface area contributed by atoms with E-state index in [1.165, 1.54) is 11.1 Å². The van der Waals surface area contributed by atoms with Crippen LogP contribution in [0.25, 0.3) is 0 Å². The lowest BCUT2D eigenvalue weighted by Crippen LogP contribution is -2.47. The van der Waals surface area contributed by atoms with Crippen LogP contribution < -0.4 is 14.5 Å². The summed E-state index contributed by atoms with van der Waals surface area (Å²) in [6, 6.07) is 0. The predicted molar refractivity (Wildman–Crippen MR) is 105 cm³/mol. The molecule has 2 aliphatic rings. The Morgan fingerprint density at radius 1 is 1.32 bits per heavy atom. The minimum Gasteiger partial charge on any atom is -0.474 e. The molecule has 3 rings (SSSR count). The Bertz CT molecular complexity index is 730. The first-order chi connectivity index (χ1) is 11.9. The molecule has 0 saturated carbocycles. The predicted octanol–water partition coefficient (Wildman–Crippen LogP) is 3.74. The van der Waals surface area contributed by atoms with E-state index >= 15 is 0 Å². The van der Waals surface area contributed by atoms with Crippen molar-refractivity contribution in [1.82, 2.24) is 4.98 Å². The fourth-order valence-electron chi connectivity index (χ4n) is 3.66. The van der Waals surface area contributed by atoms with Gasteiger partial charge in [0.05, 0.1) is 30.7 Å². The van der Waals surface area contributed by atoms with Crippen molar-refractivity contribution in [3.8, 4) is 5.88 Å². The van der Waals surface area contributed by atoms with Crippen LogP contribution in [0, 0.1) is 6.92 Å². The standard InChI is InChI=1S/C20H28N4O/c1-7-15-8-9-23(13-16(15)21-6)17-12-22-19-18(14(17)2)24(10-11-25-19)20(3,4)5/h7,12H,1,6,8-11,13H2,2-5H3. The van der Waals surface area contributed by atoms with Crippen LogP contribution in [0.15, 0.2) is 35.1 Å². The van der Waals surface area contributed by atoms with E-state index in [2.05, 4.69) is 60.8 Å². The average Bonchev–Trinajstić information content (AvgIpc) is 2.60. The third-order valence-corrected chi connectivity index (χ3v) is 5.02. The SMILES string of the molecule is C=CC1=C(N=C)CN(c2cnc3c(c2C)N(C(C)(C)C)CCO3)CC1. The first kappa shape index (κ1) is 17.5. The number of allylic oxidation sites excluding steroid dienone is 1. The van der Waals surface area contributed by atoms with Crippen molar-refractivity contribution < 1.29 is 4.74 Å². The zero-order valence-electron chi connectivity index (χ0n) is 15.8. The Kier molecular flexibility index (Phi) is 4.58. The van der Waals surface area contributed by atoms with Crippen molar-refractivity contribution in [2.24, 2.45) is 4.99 Å². The Morgan fingerprint density at radius 3 is 2.72 bits per heavy atom. The maximum atomic E-state index is 5.83. The number of fused-ring (bicyclic) bond motifs is 1. The van der Waals surface area contributed by atoms with Gasteiger partial charge < -0.3 is 14.5 Å². The van der Waals surface area contributed by atoms with Gasteiger partial charge in [-0.05, 0) is 46.4 Å². The minimum absolute atomic E-state index is 0.0231. The molecule has 0 fully saturated rings. The molecule has 0 aromatic carbocycles. The van der Waals surface area contributed by atoms with Crippen LogP contribution >= 0.6 is 0 Å². The second-order valence-electron chi connectivity index (χ2n) is 7.60. The van der Waals surface area contributed by atoms with Crippen molar-refractivity contribution >= 4 is 18.1 Å². The van der Waals surface area contributed by atoms with Crippen LogP contribution in [-0.2, 0) is 0 Å². The molecule has 5 nitrogen and oxygen atoms in total. The van der Waals surface area contributed by atoms with Gasteiger partial charge >= 0.3 is 0 Å². The van der Waals surface area contributed by atoms with Crippen LogP contribution in [0.2, 0.25) is 0 Å². The topological polar surface area (TPSA) is 41.0 Å². The third-order valence-electron chi connectivity index (χ3n) is 5.02. The molecule has 0 spiro atoms. The van der Waals surface area contributed by atoms with E-state index in [1.807, 2.05) is 12.3 Å². The lowest BCUT2D eigenvalue weighted by Gasteiger charge is -2.42. The highest BCUT2D eigenvalue weighted by molar-refractivity contribution is 5.72. The first-order valence-corrected chi connectivity index (χ1v) is 8.83. The largest absolute Gasteiger partial charge is 0.474 e. The van der Waals surface area contributed by atoms with Gasteiger partial charge in [-0.2, -0.15) is 0 Å². The van der Waals surface area contributed by atoms with Crippen LogP contribution in [-0.4, -0.2) is 43.5 Å². The normalized spacial score (nSPS) is 17.9. The number of rotatable bonds is 3. The molecule has 5 heteroatoms. The lowest BCUT2D eigenvalue weighted by molar-refractivity contribution is 0.278. The monoisotopic (exact) mass is 340 g/mol. The Labute approximate surface area is 150 Å². The summed E-state index contributed by atoms with van der Waals surface area (Å²) in [5.41, 5.74) is 5.68. The van der Waals surface area contributed by atoms with E-state index in [9.17, 15) is 0 Å². The molecular weight excluding hydrogens is 312 g/mol. The van der Waals surface area contributed by atoms with Crippen molar-refractivity contribution in [3.05, 3.63) is 35.7 Å². The number of hydrogen-bond acceptors (Lipinski definition) is 5. The fraction of sp³-hybridized carbons (Fsp3) is 0.500. The number of aromatic nitrogens is 1. The quantitative estimate of drug-likeness (QED) is 0.786. The number of pyridine rings is 1. The van der Waals surface area contributed by atoms with Crippen molar-refractivity contribution in [2.45, 2.75) is 39.7 Å². The van der Waals surface area contributed by atoms with Crippen LogP contribution in [0.1, 0.15) is 32.8 Å². The summed E-state index contributed by atoms with van der Waals surface area (Å²) in [5, 5.41) is 0. The van der Waals surface area contributed by atoms with Gasteiger partial charge in [0.1, 0.15) is 12.3 Å². The molecule has 0 bridgehead atoms. The molecule has 134 valence electrons. The number of aliphatic imine (C=N–C) groups is 1. The summed E-state index contributed by atoms with van der Waals surface area (Å²) < 4.78 is 5.83. The van der Waals surface area contributed by atoms with Gasteiger partial charge in [0.2, 0.25) is 5.88 Å².